The second-order valence-corrected chi connectivity index (χ2v) is 5.28. The fourth-order valence-corrected chi connectivity index (χ4v) is 2.52. The van der Waals surface area contributed by atoms with Crippen molar-refractivity contribution in [2.45, 2.75) is 26.8 Å². The lowest BCUT2D eigenvalue weighted by Crippen LogP contribution is -2.32. The molecule has 0 radical (unpaired) electrons. The summed E-state index contributed by atoms with van der Waals surface area (Å²) in [5.41, 5.74) is 0. The molecule has 0 unspecified atom stereocenters. The van der Waals surface area contributed by atoms with E-state index in [1.54, 1.807) is 0 Å². The van der Waals surface area contributed by atoms with Gasteiger partial charge < -0.3 is 10.1 Å². The quantitative estimate of drug-likeness (QED) is 0.626. The molecule has 0 aliphatic heterocycles. The lowest BCUT2D eigenvalue weighted by Gasteiger charge is -2.19. The molecule has 0 fully saturated rings. The van der Waals surface area contributed by atoms with Crippen LogP contribution in [0, 0.1) is 0 Å². The van der Waals surface area contributed by atoms with E-state index in [0.29, 0.717) is 0 Å². The van der Waals surface area contributed by atoms with Crippen molar-refractivity contribution < 1.29 is 4.74 Å². The number of ether oxygens (including phenoxy) is 1. The summed E-state index contributed by atoms with van der Waals surface area (Å²) >= 11 is 1.84. The van der Waals surface area contributed by atoms with Gasteiger partial charge in [0.15, 0.2) is 0 Å². The number of rotatable bonds is 11. The minimum Gasteiger partial charge on any atom is -0.382 e. The summed E-state index contributed by atoms with van der Waals surface area (Å²) < 4.78 is 5.30. The van der Waals surface area contributed by atoms with Gasteiger partial charge in [0.05, 0.1) is 0 Å². The van der Waals surface area contributed by atoms with Crippen LogP contribution in [0.15, 0.2) is 17.5 Å². The maximum Gasteiger partial charge on any atom is 0.0477 e. The molecule has 0 atom stereocenters. The predicted molar refractivity (Wildman–Crippen MR) is 79.2 cm³/mol. The third kappa shape index (κ3) is 7.11. The number of nitrogens with zero attached hydrogens (tertiary/aromatic N) is 1. The molecule has 1 aromatic rings. The number of hydrogen-bond acceptors (Lipinski definition) is 4. The molecule has 1 rings (SSSR count). The Morgan fingerprint density at radius 2 is 2.22 bits per heavy atom. The molecule has 0 spiro atoms. The van der Waals surface area contributed by atoms with E-state index < -0.39 is 0 Å². The Morgan fingerprint density at radius 3 is 2.89 bits per heavy atom. The van der Waals surface area contributed by atoms with Crippen LogP contribution in [0.2, 0.25) is 0 Å². The van der Waals surface area contributed by atoms with E-state index >= 15 is 0 Å². The third-order valence-corrected chi connectivity index (χ3v) is 3.72. The van der Waals surface area contributed by atoms with Crippen molar-refractivity contribution in [1.82, 2.24) is 10.2 Å². The van der Waals surface area contributed by atoms with Crippen molar-refractivity contribution >= 4 is 11.3 Å². The Balaban J connectivity index is 2.01. The van der Waals surface area contributed by atoms with Crippen LogP contribution >= 0.6 is 11.3 Å². The Hall–Kier alpha value is -0.420. The van der Waals surface area contributed by atoms with E-state index in [9.17, 15) is 0 Å². The number of thiophene rings is 1. The molecule has 18 heavy (non-hydrogen) atoms. The molecular formula is C14H26N2OS. The molecule has 1 heterocycles. The number of likely N-dealkylation sites (N-methyl/N-ethyl adjacent to an activating group) is 1. The van der Waals surface area contributed by atoms with Gasteiger partial charge in [-0.1, -0.05) is 13.0 Å². The molecule has 0 saturated carbocycles. The summed E-state index contributed by atoms with van der Waals surface area (Å²) in [6.45, 7) is 11.4. The molecule has 3 nitrogen and oxygen atoms in total. The molecule has 0 aromatic carbocycles. The molecule has 0 aliphatic carbocycles. The molecule has 0 amide bonds. The standard InChI is InChI=1S/C14H26N2OS/c1-3-16(13-14-7-5-12-18-14)10-9-15-8-6-11-17-4-2/h5,7,12,15H,3-4,6,8-11,13H2,1-2H3. The zero-order valence-corrected chi connectivity index (χ0v) is 12.5. The predicted octanol–water partition coefficient (Wildman–Crippen LogP) is 2.59. The highest BCUT2D eigenvalue weighted by molar-refractivity contribution is 7.09. The van der Waals surface area contributed by atoms with Gasteiger partial charge in [0, 0.05) is 37.7 Å². The molecule has 0 aliphatic rings. The fraction of sp³-hybridized carbons (Fsp3) is 0.714. The van der Waals surface area contributed by atoms with Crippen LogP contribution in [0.1, 0.15) is 25.1 Å². The topological polar surface area (TPSA) is 24.5 Å². The first-order valence-corrected chi connectivity index (χ1v) is 7.78. The molecular weight excluding hydrogens is 244 g/mol. The highest BCUT2D eigenvalue weighted by Crippen LogP contribution is 2.11. The minimum atomic E-state index is 0.824. The van der Waals surface area contributed by atoms with Gasteiger partial charge in [-0.3, -0.25) is 4.90 Å². The Labute approximate surface area is 115 Å². The van der Waals surface area contributed by atoms with Gasteiger partial charge in [-0.25, -0.2) is 0 Å². The first-order valence-electron chi connectivity index (χ1n) is 6.90. The second kappa shape index (κ2) is 10.5. The van der Waals surface area contributed by atoms with Gasteiger partial charge in [-0.2, -0.15) is 0 Å². The van der Waals surface area contributed by atoms with Crippen LogP contribution in [0.3, 0.4) is 0 Å². The molecule has 104 valence electrons. The monoisotopic (exact) mass is 270 g/mol. The van der Waals surface area contributed by atoms with Gasteiger partial charge in [0.25, 0.3) is 0 Å². The molecule has 1 N–H and O–H groups in total. The van der Waals surface area contributed by atoms with Crippen molar-refractivity contribution in [2.75, 3.05) is 39.4 Å². The fourth-order valence-electron chi connectivity index (χ4n) is 1.78. The zero-order valence-electron chi connectivity index (χ0n) is 11.7. The van der Waals surface area contributed by atoms with Crippen molar-refractivity contribution in [3.63, 3.8) is 0 Å². The summed E-state index contributed by atoms with van der Waals surface area (Å²) in [4.78, 5) is 3.93. The summed E-state index contributed by atoms with van der Waals surface area (Å²) in [5, 5.41) is 5.62. The van der Waals surface area contributed by atoms with Crippen molar-refractivity contribution in [3.05, 3.63) is 22.4 Å². The maximum atomic E-state index is 5.30. The first kappa shape index (κ1) is 15.6. The zero-order chi connectivity index (χ0) is 13.1. The first-order chi connectivity index (χ1) is 8.86. The summed E-state index contributed by atoms with van der Waals surface area (Å²) in [7, 11) is 0. The van der Waals surface area contributed by atoms with Crippen LogP contribution < -0.4 is 5.32 Å². The summed E-state index contributed by atoms with van der Waals surface area (Å²) in [6, 6.07) is 4.34. The molecule has 0 saturated heterocycles. The summed E-state index contributed by atoms with van der Waals surface area (Å²) in [6.07, 6.45) is 1.10. The van der Waals surface area contributed by atoms with Crippen molar-refractivity contribution in [1.29, 1.82) is 0 Å². The largest absolute Gasteiger partial charge is 0.382 e. The lowest BCUT2D eigenvalue weighted by atomic mass is 10.4. The van der Waals surface area contributed by atoms with E-state index in [-0.39, 0.29) is 0 Å². The molecule has 4 heteroatoms. The number of hydrogen-bond donors (Lipinski definition) is 1. The van der Waals surface area contributed by atoms with E-state index in [0.717, 1.165) is 52.4 Å². The highest BCUT2D eigenvalue weighted by atomic mass is 32.1. The van der Waals surface area contributed by atoms with Gasteiger partial charge in [0.2, 0.25) is 0 Å². The van der Waals surface area contributed by atoms with Crippen molar-refractivity contribution in [3.8, 4) is 0 Å². The van der Waals surface area contributed by atoms with E-state index in [1.165, 1.54) is 4.88 Å². The average Bonchev–Trinajstić information content (AvgIpc) is 2.89. The van der Waals surface area contributed by atoms with E-state index in [2.05, 4.69) is 34.7 Å². The van der Waals surface area contributed by atoms with Crippen LogP contribution in [-0.2, 0) is 11.3 Å². The van der Waals surface area contributed by atoms with Crippen LogP contribution in [0.5, 0.6) is 0 Å². The molecule has 1 aromatic heterocycles. The second-order valence-electron chi connectivity index (χ2n) is 4.25. The molecule has 0 bridgehead atoms. The SMILES string of the molecule is CCOCCCNCCN(CC)Cc1cccs1. The van der Waals surface area contributed by atoms with Crippen molar-refractivity contribution in [2.24, 2.45) is 0 Å². The van der Waals surface area contributed by atoms with E-state index in [1.807, 2.05) is 18.3 Å². The smallest absolute Gasteiger partial charge is 0.0477 e. The van der Waals surface area contributed by atoms with Gasteiger partial charge in [-0.05, 0) is 37.9 Å². The highest BCUT2D eigenvalue weighted by Gasteiger charge is 2.03. The van der Waals surface area contributed by atoms with Gasteiger partial charge in [0.1, 0.15) is 0 Å². The van der Waals surface area contributed by atoms with Gasteiger partial charge >= 0.3 is 0 Å². The summed E-state index contributed by atoms with van der Waals surface area (Å²) in [5.74, 6) is 0. The normalized spacial score (nSPS) is 11.3. The average molecular weight is 270 g/mol. The van der Waals surface area contributed by atoms with Gasteiger partial charge in [-0.15, -0.1) is 11.3 Å². The number of nitrogens with one attached hydrogen (secondary N) is 1. The van der Waals surface area contributed by atoms with Crippen LogP contribution in [-0.4, -0.2) is 44.3 Å². The third-order valence-electron chi connectivity index (χ3n) is 2.86. The Morgan fingerprint density at radius 1 is 1.33 bits per heavy atom. The Bertz CT molecular complexity index is 277. The maximum absolute atomic E-state index is 5.30. The minimum absolute atomic E-state index is 0.824. The van der Waals surface area contributed by atoms with Crippen LogP contribution in [0.25, 0.3) is 0 Å². The van der Waals surface area contributed by atoms with E-state index in [4.69, 9.17) is 4.74 Å². The lowest BCUT2D eigenvalue weighted by molar-refractivity contribution is 0.144. The van der Waals surface area contributed by atoms with Crippen LogP contribution in [0.4, 0.5) is 0 Å². The Kier molecular flexibility index (Phi) is 9.12.